The van der Waals surface area contributed by atoms with E-state index in [1.165, 1.54) is 6.08 Å². The molecule has 0 unspecified atom stereocenters. The van der Waals surface area contributed by atoms with Crippen molar-refractivity contribution < 1.29 is 34.4 Å². The summed E-state index contributed by atoms with van der Waals surface area (Å²) in [5, 5.41) is 0. The Kier molecular flexibility index (Phi) is 31.3. The van der Waals surface area contributed by atoms with E-state index in [0.29, 0.717) is 0 Å². The minimum Gasteiger partial charge on any atom is -0.275 e. The van der Waals surface area contributed by atoms with Crippen molar-refractivity contribution in [1.82, 2.24) is 0 Å². The molecule has 0 N–H and O–H groups in total. The molecule has 4 heteroatoms. The number of allylic oxidation sites excluding steroid dienone is 1. The van der Waals surface area contributed by atoms with E-state index < -0.39 is 4.45 Å². The van der Waals surface area contributed by atoms with E-state index in [0.717, 1.165) is 0 Å². The van der Waals surface area contributed by atoms with E-state index in [-0.39, 0.29) is 29.6 Å². The predicted molar refractivity (Wildman–Crippen MR) is 38.9 cm³/mol. The van der Waals surface area contributed by atoms with Crippen LogP contribution in [0.3, 0.4) is 0 Å². The number of carbonyl (C=O) groups excluding carboxylic acids is 1. The molecule has 0 atom stereocenters. The first-order chi connectivity index (χ1) is 3.15. The average molecular weight is 158 g/mol. The van der Waals surface area contributed by atoms with Gasteiger partial charge in [-0.05, 0) is 0 Å². The van der Waals surface area contributed by atoms with Gasteiger partial charge in [-0.15, -0.1) is 0 Å². The molecule has 0 aromatic rings. The van der Waals surface area contributed by atoms with Crippen LogP contribution in [0.4, 0.5) is 4.79 Å². The Morgan fingerprint density at radius 1 is 1.62 bits per heavy atom. The second-order valence-electron chi connectivity index (χ2n) is 0.571. The molecule has 0 bridgehead atoms. The molecule has 0 spiro atoms. The maximum absolute atomic E-state index is 9.17. The summed E-state index contributed by atoms with van der Waals surface area (Å²) in [6.45, 7) is 6.50. The Balaban J connectivity index is -0.0000000575. The quantitative estimate of drug-likeness (QED) is 0.262. The van der Waals surface area contributed by atoms with Crippen LogP contribution >= 0.6 is 25.3 Å². The number of hydrogen-bond donors (Lipinski definition) is 2. The van der Waals surface area contributed by atoms with Crippen LogP contribution in [0.5, 0.6) is 0 Å². The third-order valence-corrected chi connectivity index (χ3v) is 0. The van der Waals surface area contributed by atoms with Crippen LogP contribution in [-0.4, -0.2) is 4.45 Å². The van der Waals surface area contributed by atoms with E-state index in [1.807, 2.05) is 0 Å². The molecule has 0 saturated carbocycles. The maximum atomic E-state index is 9.17. The van der Waals surface area contributed by atoms with Crippen LogP contribution < -0.4 is 29.6 Å². The first kappa shape index (κ1) is 16.0. The Bertz CT molecular complexity index is 61.1. The third-order valence-electron chi connectivity index (χ3n) is 0. The van der Waals surface area contributed by atoms with Crippen molar-refractivity contribution in [3.8, 4) is 0 Å². The Morgan fingerprint density at radius 3 is 1.62 bits per heavy atom. The molecule has 0 saturated heterocycles. The van der Waals surface area contributed by atoms with Crippen molar-refractivity contribution in [2.75, 3.05) is 0 Å². The molecule has 0 radical (unpaired) electrons. The van der Waals surface area contributed by atoms with Gasteiger partial charge in [-0.1, -0.05) is 25.3 Å². The van der Waals surface area contributed by atoms with Crippen LogP contribution in [0.25, 0.3) is 0 Å². The summed E-state index contributed by atoms with van der Waals surface area (Å²) < 4.78 is -0.444. The number of thiol groups is 2. The van der Waals surface area contributed by atoms with Gasteiger partial charge in [-0.25, -0.2) is 19.6 Å². The number of rotatable bonds is 0. The Labute approximate surface area is 83.0 Å². The molecule has 42 valence electrons. The SMILES string of the molecule is C=C[CH2-].O=C(S)S.[Na+]. The molecule has 1 nitrogen and oxygen atoms in total. The zero-order chi connectivity index (χ0) is 6.28. The molecular formula is C4H7NaOS2. The molecule has 8 heavy (non-hydrogen) atoms. The van der Waals surface area contributed by atoms with Crippen LogP contribution in [0.15, 0.2) is 12.7 Å². The van der Waals surface area contributed by atoms with Crippen LogP contribution in [0.2, 0.25) is 0 Å². The summed E-state index contributed by atoms with van der Waals surface area (Å²) in [5.41, 5.74) is 0. The molecule has 0 amide bonds. The molecule has 0 aliphatic carbocycles. The monoisotopic (exact) mass is 158 g/mol. The summed E-state index contributed by atoms with van der Waals surface area (Å²) in [6.07, 6.45) is 1.50. The largest absolute Gasteiger partial charge is 1.00 e. The Morgan fingerprint density at radius 2 is 1.62 bits per heavy atom. The maximum Gasteiger partial charge on any atom is 1.00 e. The van der Waals surface area contributed by atoms with Crippen LogP contribution in [-0.2, 0) is 0 Å². The van der Waals surface area contributed by atoms with Gasteiger partial charge in [-0.3, -0.25) is 4.79 Å². The third kappa shape index (κ3) is 260. The van der Waals surface area contributed by atoms with Gasteiger partial charge >= 0.3 is 29.6 Å². The normalized spacial score (nSPS) is 4.75. The molecule has 0 aliphatic heterocycles. The van der Waals surface area contributed by atoms with Gasteiger partial charge in [0.25, 0.3) is 0 Å². The van der Waals surface area contributed by atoms with E-state index in [4.69, 9.17) is 0 Å². The Hall–Kier alpha value is 0.980. The van der Waals surface area contributed by atoms with Crippen LogP contribution in [0.1, 0.15) is 0 Å². The van der Waals surface area contributed by atoms with E-state index >= 15 is 0 Å². The van der Waals surface area contributed by atoms with Crippen LogP contribution in [0, 0.1) is 6.92 Å². The van der Waals surface area contributed by atoms with Crippen molar-refractivity contribution in [2.45, 2.75) is 0 Å². The molecule has 0 aromatic heterocycles. The minimum atomic E-state index is -0.444. The molecular weight excluding hydrogens is 151 g/mol. The van der Waals surface area contributed by atoms with Gasteiger partial charge in [0.05, 0.1) is 0 Å². The van der Waals surface area contributed by atoms with Crippen molar-refractivity contribution in [3.63, 3.8) is 0 Å². The van der Waals surface area contributed by atoms with Crippen molar-refractivity contribution >= 4 is 29.7 Å². The topological polar surface area (TPSA) is 17.1 Å². The number of hydrogen-bond acceptors (Lipinski definition) is 1. The van der Waals surface area contributed by atoms with Crippen molar-refractivity contribution in [1.29, 1.82) is 0 Å². The summed E-state index contributed by atoms with van der Waals surface area (Å²) in [6, 6.07) is 0. The smallest absolute Gasteiger partial charge is 0.275 e. The second kappa shape index (κ2) is 15.7. The van der Waals surface area contributed by atoms with Gasteiger partial charge in [0, 0.05) is 0 Å². The van der Waals surface area contributed by atoms with Gasteiger partial charge < -0.3 is 0 Å². The molecule has 0 rings (SSSR count). The van der Waals surface area contributed by atoms with Crippen molar-refractivity contribution in [3.05, 3.63) is 19.6 Å². The standard InChI is InChI=1S/C3H5.CH2OS2.Na/c1-3-2;2-1(3)4;/h3H,1-2H2;(H2,2,3,4);/q-1;;+1. The molecule has 0 heterocycles. The summed E-state index contributed by atoms with van der Waals surface area (Å²) >= 11 is 6.38. The summed E-state index contributed by atoms with van der Waals surface area (Å²) in [5.74, 6) is 0. The first-order valence-corrected chi connectivity index (χ1v) is 2.36. The molecule has 0 fully saturated rings. The zero-order valence-corrected chi connectivity index (χ0v) is 8.58. The average Bonchev–Trinajstić information content (AvgIpc) is 1.33. The van der Waals surface area contributed by atoms with Gasteiger partial charge in [-0.2, -0.15) is 0 Å². The first-order valence-electron chi connectivity index (χ1n) is 1.47. The fourth-order valence-corrected chi connectivity index (χ4v) is 0. The van der Waals surface area contributed by atoms with E-state index in [2.05, 4.69) is 38.8 Å². The van der Waals surface area contributed by atoms with Crippen molar-refractivity contribution in [2.24, 2.45) is 0 Å². The van der Waals surface area contributed by atoms with Gasteiger partial charge in [0.1, 0.15) is 0 Å². The fraction of sp³-hybridized carbons (Fsp3) is 0. The molecule has 0 aromatic carbocycles. The summed E-state index contributed by atoms with van der Waals surface area (Å²) in [4.78, 5) is 9.17. The predicted octanol–water partition coefficient (Wildman–Crippen LogP) is -1.02. The van der Waals surface area contributed by atoms with E-state index in [9.17, 15) is 4.79 Å². The number of carbonyl (C=O) groups is 1. The van der Waals surface area contributed by atoms with Gasteiger partial charge in [0.2, 0.25) is 4.45 Å². The minimum absolute atomic E-state index is 0. The second-order valence-corrected chi connectivity index (χ2v) is 1.74. The molecule has 0 aliphatic rings. The summed E-state index contributed by atoms with van der Waals surface area (Å²) in [7, 11) is 0. The fourth-order valence-electron chi connectivity index (χ4n) is 0. The zero-order valence-electron chi connectivity index (χ0n) is 4.79. The van der Waals surface area contributed by atoms with E-state index in [1.54, 1.807) is 0 Å². The van der Waals surface area contributed by atoms with Gasteiger partial charge in [0.15, 0.2) is 0 Å².